The molecule has 18 heavy (non-hydrogen) atoms. The van der Waals surface area contributed by atoms with E-state index < -0.39 is 0 Å². The van der Waals surface area contributed by atoms with Crippen molar-refractivity contribution in [3.8, 4) is 5.75 Å². The first-order chi connectivity index (χ1) is 8.75. The maximum absolute atomic E-state index is 9.93. The van der Waals surface area contributed by atoms with Gasteiger partial charge in [0.1, 0.15) is 5.75 Å². The highest BCUT2D eigenvalue weighted by molar-refractivity contribution is 5.36. The van der Waals surface area contributed by atoms with Gasteiger partial charge in [0.2, 0.25) is 0 Å². The number of hydrogen-bond donors (Lipinski definition) is 1. The molecule has 0 radical (unpaired) electrons. The monoisotopic (exact) mass is 239 g/mol. The van der Waals surface area contributed by atoms with Gasteiger partial charge in [0, 0.05) is 24.7 Å². The van der Waals surface area contributed by atoms with E-state index >= 15 is 0 Å². The highest BCUT2D eigenvalue weighted by Gasteiger charge is 2.24. The molecule has 0 saturated heterocycles. The fraction of sp³-hybridized carbons (Fsp3) is 0.250. The Morgan fingerprint density at radius 2 is 1.50 bits per heavy atom. The van der Waals surface area contributed by atoms with Gasteiger partial charge in [-0.3, -0.25) is 4.90 Å². The number of para-hydroxylation sites is 1. The fourth-order valence-corrected chi connectivity index (χ4v) is 2.67. The summed E-state index contributed by atoms with van der Waals surface area (Å²) in [5.74, 6) is 0.390. The molecular formula is C16H17NO. The van der Waals surface area contributed by atoms with Crippen molar-refractivity contribution >= 4 is 0 Å². The lowest BCUT2D eigenvalue weighted by molar-refractivity contribution is 0.211. The van der Waals surface area contributed by atoms with Crippen LogP contribution in [0.1, 0.15) is 29.7 Å². The van der Waals surface area contributed by atoms with Crippen LogP contribution < -0.4 is 0 Å². The lowest BCUT2D eigenvalue weighted by Crippen LogP contribution is -2.20. The third-order valence-electron chi connectivity index (χ3n) is 3.80. The molecule has 3 rings (SSSR count). The number of benzene rings is 2. The maximum atomic E-state index is 9.93. The summed E-state index contributed by atoms with van der Waals surface area (Å²) in [5, 5.41) is 9.93. The lowest BCUT2D eigenvalue weighted by atomic mass is 10.1. The molecule has 2 aromatic rings. The molecule has 0 aliphatic carbocycles. The van der Waals surface area contributed by atoms with Gasteiger partial charge < -0.3 is 5.11 Å². The number of aromatic hydroxyl groups is 1. The van der Waals surface area contributed by atoms with Gasteiger partial charge in [-0.15, -0.1) is 0 Å². The van der Waals surface area contributed by atoms with E-state index in [1.54, 1.807) is 6.07 Å². The average molecular weight is 239 g/mol. The van der Waals surface area contributed by atoms with Crippen LogP contribution in [0.5, 0.6) is 5.75 Å². The van der Waals surface area contributed by atoms with Crippen molar-refractivity contribution in [1.29, 1.82) is 0 Å². The first kappa shape index (κ1) is 11.3. The van der Waals surface area contributed by atoms with Gasteiger partial charge in [-0.05, 0) is 24.1 Å². The number of nitrogens with zero attached hydrogens (tertiary/aromatic N) is 1. The first-order valence-corrected chi connectivity index (χ1v) is 6.34. The van der Waals surface area contributed by atoms with Crippen LogP contribution >= 0.6 is 0 Å². The molecule has 1 aliphatic rings. The largest absolute Gasteiger partial charge is 0.508 e. The van der Waals surface area contributed by atoms with Crippen molar-refractivity contribution in [2.24, 2.45) is 0 Å². The molecule has 0 fully saturated rings. The summed E-state index contributed by atoms with van der Waals surface area (Å²) in [5.41, 5.74) is 3.81. The number of phenols is 1. The number of rotatable bonds is 2. The van der Waals surface area contributed by atoms with Crippen LogP contribution in [0.2, 0.25) is 0 Å². The van der Waals surface area contributed by atoms with E-state index in [0.29, 0.717) is 5.75 Å². The van der Waals surface area contributed by atoms with Crippen LogP contribution in [-0.2, 0) is 13.1 Å². The van der Waals surface area contributed by atoms with Crippen molar-refractivity contribution in [3.63, 3.8) is 0 Å². The molecule has 1 N–H and O–H groups in total. The summed E-state index contributed by atoms with van der Waals surface area (Å²) >= 11 is 0. The van der Waals surface area contributed by atoms with E-state index in [1.165, 1.54) is 11.1 Å². The minimum absolute atomic E-state index is 0.235. The Labute approximate surface area is 107 Å². The van der Waals surface area contributed by atoms with Crippen molar-refractivity contribution < 1.29 is 5.11 Å². The zero-order valence-corrected chi connectivity index (χ0v) is 10.5. The van der Waals surface area contributed by atoms with E-state index in [9.17, 15) is 5.11 Å². The average Bonchev–Trinajstić information content (AvgIpc) is 2.82. The zero-order chi connectivity index (χ0) is 12.5. The van der Waals surface area contributed by atoms with E-state index in [-0.39, 0.29) is 6.04 Å². The molecule has 1 aliphatic heterocycles. The van der Waals surface area contributed by atoms with Crippen molar-refractivity contribution in [2.45, 2.75) is 26.1 Å². The number of hydrogen-bond acceptors (Lipinski definition) is 2. The Morgan fingerprint density at radius 1 is 0.944 bits per heavy atom. The van der Waals surface area contributed by atoms with Crippen LogP contribution in [0, 0.1) is 0 Å². The Morgan fingerprint density at radius 3 is 2.11 bits per heavy atom. The maximum Gasteiger partial charge on any atom is 0.120 e. The van der Waals surface area contributed by atoms with E-state index in [4.69, 9.17) is 0 Å². The second-order valence-corrected chi connectivity index (χ2v) is 4.91. The van der Waals surface area contributed by atoms with Crippen molar-refractivity contribution in [2.75, 3.05) is 0 Å². The van der Waals surface area contributed by atoms with Crippen LogP contribution in [0.4, 0.5) is 0 Å². The van der Waals surface area contributed by atoms with Crippen LogP contribution in [0.15, 0.2) is 48.5 Å². The molecule has 1 unspecified atom stereocenters. The Hall–Kier alpha value is -1.80. The van der Waals surface area contributed by atoms with Crippen LogP contribution in [-0.4, -0.2) is 10.0 Å². The topological polar surface area (TPSA) is 23.5 Å². The van der Waals surface area contributed by atoms with Gasteiger partial charge in [0.05, 0.1) is 0 Å². The summed E-state index contributed by atoms with van der Waals surface area (Å²) in [4.78, 5) is 2.39. The van der Waals surface area contributed by atoms with Gasteiger partial charge in [-0.1, -0.05) is 42.5 Å². The summed E-state index contributed by atoms with van der Waals surface area (Å²) in [6, 6.07) is 16.4. The molecule has 92 valence electrons. The van der Waals surface area contributed by atoms with Gasteiger partial charge in [0.25, 0.3) is 0 Å². The standard InChI is InChI=1S/C16H17NO/c1-12(15-8-4-5-9-16(15)18)17-10-13-6-2-3-7-14(13)11-17/h2-9,12,18H,10-11H2,1H3. The van der Waals surface area contributed by atoms with Crippen molar-refractivity contribution in [3.05, 3.63) is 65.2 Å². The van der Waals surface area contributed by atoms with E-state index in [2.05, 4.69) is 36.1 Å². The minimum Gasteiger partial charge on any atom is -0.508 e. The molecule has 0 spiro atoms. The molecule has 1 atom stereocenters. The third kappa shape index (κ3) is 1.89. The first-order valence-electron chi connectivity index (χ1n) is 6.34. The number of phenolic OH excluding ortho intramolecular Hbond substituents is 1. The van der Waals surface area contributed by atoms with E-state index in [0.717, 1.165) is 18.7 Å². The summed E-state index contributed by atoms with van der Waals surface area (Å²) in [6.45, 7) is 4.08. The molecule has 2 nitrogen and oxygen atoms in total. The summed E-state index contributed by atoms with van der Waals surface area (Å²) in [6.07, 6.45) is 0. The Kier molecular flexibility index (Phi) is 2.80. The summed E-state index contributed by atoms with van der Waals surface area (Å²) in [7, 11) is 0. The van der Waals surface area contributed by atoms with Gasteiger partial charge in [0.15, 0.2) is 0 Å². The van der Waals surface area contributed by atoms with Gasteiger partial charge in [-0.2, -0.15) is 0 Å². The van der Waals surface area contributed by atoms with Crippen LogP contribution in [0.3, 0.4) is 0 Å². The normalized spacial score (nSPS) is 16.5. The van der Waals surface area contributed by atoms with Gasteiger partial charge in [-0.25, -0.2) is 0 Å². The molecule has 0 aromatic heterocycles. The second-order valence-electron chi connectivity index (χ2n) is 4.91. The molecule has 2 heteroatoms. The highest BCUT2D eigenvalue weighted by atomic mass is 16.3. The Balaban J connectivity index is 1.85. The molecule has 0 amide bonds. The molecule has 0 bridgehead atoms. The lowest BCUT2D eigenvalue weighted by Gasteiger charge is -2.24. The van der Waals surface area contributed by atoms with Gasteiger partial charge >= 0.3 is 0 Å². The zero-order valence-electron chi connectivity index (χ0n) is 10.5. The Bertz CT molecular complexity index is 540. The smallest absolute Gasteiger partial charge is 0.120 e. The minimum atomic E-state index is 0.235. The fourth-order valence-electron chi connectivity index (χ4n) is 2.67. The van der Waals surface area contributed by atoms with Crippen molar-refractivity contribution in [1.82, 2.24) is 4.90 Å². The predicted molar refractivity (Wildman–Crippen MR) is 72.2 cm³/mol. The molecule has 2 aromatic carbocycles. The molecular weight excluding hydrogens is 222 g/mol. The molecule has 0 saturated carbocycles. The predicted octanol–water partition coefficient (Wildman–Crippen LogP) is 3.47. The van der Waals surface area contributed by atoms with Crippen LogP contribution in [0.25, 0.3) is 0 Å². The second kappa shape index (κ2) is 4.46. The summed E-state index contributed by atoms with van der Waals surface area (Å²) < 4.78 is 0. The third-order valence-corrected chi connectivity index (χ3v) is 3.80. The number of fused-ring (bicyclic) bond motifs is 1. The molecule has 1 heterocycles. The highest BCUT2D eigenvalue weighted by Crippen LogP contribution is 2.34. The van der Waals surface area contributed by atoms with E-state index in [1.807, 2.05) is 18.2 Å². The SMILES string of the molecule is CC(c1ccccc1O)N1Cc2ccccc2C1. The quantitative estimate of drug-likeness (QED) is 0.867.